The van der Waals surface area contributed by atoms with E-state index in [1.165, 1.54) is 23.5 Å². The van der Waals surface area contributed by atoms with Crippen LogP contribution in [0.4, 0.5) is 5.69 Å². The molecule has 0 heterocycles. The zero-order valence-corrected chi connectivity index (χ0v) is 15.8. The predicted octanol–water partition coefficient (Wildman–Crippen LogP) is 3.53. The molecule has 5 nitrogen and oxygen atoms in total. The Bertz CT molecular complexity index is 860. The van der Waals surface area contributed by atoms with Crippen LogP contribution >= 0.6 is 0 Å². The molecule has 0 saturated carbocycles. The third-order valence-electron chi connectivity index (χ3n) is 4.09. The third kappa shape index (κ3) is 4.46. The van der Waals surface area contributed by atoms with Crippen LogP contribution in [0, 0.1) is 0 Å². The largest absolute Gasteiger partial charge is 0.322 e. The Balaban J connectivity index is 2.27. The Hall–Kier alpha value is -2.18. The van der Waals surface area contributed by atoms with Crippen molar-refractivity contribution >= 4 is 21.6 Å². The molecule has 0 unspecified atom stereocenters. The monoisotopic (exact) mass is 360 g/mol. The number of hydrogen-bond donors (Lipinski definition) is 1. The summed E-state index contributed by atoms with van der Waals surface area (Å²) in [6.07, 6.45) is 0.874. The summed E-state index contributed by atoms with van der Waals surface area (Å²) in [4.78, 5) is 12.6. The van der Waals surface area contributed by atoms with Crippen LogP contribution in [0.1, 0.15) is 36.7 Å². The fraction of sp³-hybridized carbons (Fsp3) is 0.316. The van der Waals surface area contributed by atoms with Crippen LogP contribution in [0.3, 0.4) is 0 Å². The molecule has 2 aromatic carbocycles. The second-order valence-corrected chi connectivity index (χ2v) is 8.15. The molecule has 0 aliphatic carbocycles. The Morgan fingerprint density at radius 2 is 1.80 bits per heavy atom. The molecule has 0 spiro atoms. The summed E-state index contributed by atoms with van der Waals surface area (Å²) in [6.45, 7) is 5.64. The van der Waals surface area contributed by atoms with Crippen molar-refractivity contribution < 1.29 is 13.2 Å². The Morgan fingerprint density at radius 3 is 2.44 bits per heavy atom. The van der Waals surface area contributed by atoms with Gasteiger partial charge in [0.15, 0.2) is 0 Å². The minimum absolute atomic E-state index is 0.110. The molecule has 0 atom stereocenters. The van der Waals surface area contributed by atoms with Crippen molar-refractivity contribution in [3.8, 4) is 0 Å². The molecule has 6 heteroatoms. The third-order valence-corrected chi connectivity index (χ3v) is 6.12. The van der Waals surface area contributed by atoms with Gasteiger partial charge in [0.05, 0.1) is 4.90 Å². The maximum absolute atomic E-state index is 12.6. The highest BCUT2D eigenvalue weighted by atomic mass is 32.2. The smallest absolute Gasteiger partial charge is 0.255 e. The van der Waals surface area contributed by atoms with Crippen LogP contribution in [0.2, 0.25) is 0 Å². The zero-order valence-electron chi connectivity index (χ0n) is 15.0. The van der Waals surface area contributed by atoms with Crippen molar-refractivity contribution in [3.05, 3.63) is 59.7 Å². The Morgan fingerprint density at radius 1 is 1.12 bits per heavy atom. The molecule has 0 aromatic heterocycles. The van der Waals surface area contributed by atoms with E-state index in [9.17, 15) is 13.2 Å². The van der Waals surface area contributed by atoms with Crippen molar-refractivity contribution in [1.29, 1.82) is 0 Å². The van der Waals surface area contributed by atoms with E-state index in [2.05, 4.69) is 5.32 Å². The number of benzene rings is 2. The minimum Gasteiger partial charge on any atom is -0.322 e. The van der Waals surface area contributed by atoms with Gasteiger partial charge in [-0.25, -0.2) is 8.42 Å². The summed E-state index contributed by atoms with van der Waals surface area (Å²) in [5.74, 6) is -0.336. The molecule has 2 rings (SSSR count). The number of carbonyl (C=O) groups is 1. The molecule has 0 fully saturated rings. The normalized spacial score (nSPS) is 11.8. The highest BCUT2D eigenvalue weighted by Crippen LogP contribution is 2.19. The molecule has 0 saturated heterocycles. The van der Waals surface area contributed by atoms with Gasteiger partial charge in [0.25, 0.3) is 5.91 Å². The van der Waals surface area contributed by atoms with Crippen LogP contribution in [-0.2, 0) is 16.4 Å². The Labute approximate surface area is 149 Å². The number of nitrogens with one attached hydrogen (secondary N) is 1. The van der Waals surface area contributed by atoms with Gasteiger partial charge in [0.2, 0.25) is 10.0 Å². The number of amides is 1. The highest BCUT2D eigenvalue weighted by Gasteiger charge is 2.23. The molecule has 0 bridgehead atoms. The van der Waals surface area contributed by atoms with Crippen LogP contribution in [-0.4, -0.2) is 31.7 Å². The van der Waals surface area contributed by atoms with Gasteiger partial charge in [0, 0.05) is 24.3 Å². The van der Waals surface area contributed by atoms with Crippen LogP contribution in [0.15, 0.2) is 53.4 Å². The van der Waals surface area contributed by atoms with Crippen molar-refractivity contribution in [1.82, 2.24) is 4.31 Å². The van der Waals surface area contributed by atoms with E-state index in [-0.39, 0.29) is 16.8 Å². The number of nitrogens with zero attached hydrogens (tertiary/aromatic N) is 1. The molecule has 134 valence electrons. The second-order valence-electron chi connectivity index (χ2n) is 6.15. The number of sulfonamides is 1. The number of hydrogen-bond acceptors (Lipinski definition) is 3. The first-order valence-corrected chi connectivity index (χ1v) is 9.68. The van der Waals surface area contributed by atoms with Gasteiger partial charge < -0.3 is 5.32 Å². The average molecular weight is 360 g/mol. The number of aryl methyl sites for hydroxylation is 1. The van der Waals surface area contributed by atoms with Crippen molar-refractivity contribution in [3.63, 3.8) is 0 Å². The maximum atomic E-state index is 12.6. The summed E-state index contributed by atoms with van der Waals surface area (Å²) < 4.78 is 26.5. The van der Waals surface area contributed by atoms with Crippen molar-refractivity contribution in [2.24, 2.45) is 0 Å². The fourth-order valence-electron chi connectivity index (χ4n) is 2.31. The van der Waals surface area contributed by atoms with Gasteiger partial charge in [-0.3, -0.25) is 4.79 Å². The molecule has 0 aliphatic rings. The minimum atomic E-state index is -3.62. The highest BCUT2D eigenvalue weighted by molar-refractivity contribution is 7.89. The van der Waals surface area contributed by atoms with Crippen LogP contribution in [0.25, 0.3) is 0 Å². The van der Waals surface area contributed by atoms with E-state index in [1.54, 1.807) is 26.0 Å². The lowest BCUT2D eigenvalue weighted by Gasteiger charge is -2.21. The van der Waals surface area contributed by atoms with Crippen LogP contribution in [0.5, 0.6) is 0 Å². The van der Waals surface area contributed by atoms with Gasteiger partial charge in [-0.05, 0) is 56.2 Å². The van der Waals surface area contributed by atoms with Crippen molar-refractivity contribution in [2.75, 3.05) is 12.4 Å². The lowest BCUT2D eigenvalue weighted by molar-refractivity contribution is 0.102. The van der Waals surface area contributed by atoms with E-state index in [1.807, 2.05) is 31.2 Å². The molecule has 1 amide bonds. The summed E-state index contributed by atoms with van der Waals surface area (Å²) >= 11 is 0. The standard InChI is InChI=1S/C19H24N2O3S/c1-5-15-8-6-10-17(12-15)20-19(22)16-9-7-11-18(13-16)25(23,24)21(4)14(2)3/h6-14H,5H2,1-4H3,(H,20,22). The molecule has 0 aliphatic heterocycles. The first kappa shape index (κ1) is 19.1. The lowest BCUT2D eigenvalue weighted by atomic mass is 10.1. The van der Waals surface area contributed by atoms with E-state index in [0.717, 1.165) is 12.0 Å². The van der Waals surface area contributed by atoms with Gasteiger partial charge in [0.1, 0.15) is 0 Å². The van der Waals surface area contributed by atoms with E-state index in [0.29, 0.717) is 11.3 Å². The number of anilines is 1. The van der Waals surface area contributed by atoms with Gasteiger partial charge in [-0.2, -0.15) is 4.31 Å². The zero-order chi connectivity index (χ0) is 18.6. The quantitative estimate of drug-likeness (QED) is 0.857. The van der Waals surface area contributed by atoms with E-state index < -0.39 is 10.0 Å². The van der Waals surface area contributed by atoms with Crippen molar-refractivity contribution in [2.45, 2.75) is 38.1 Å². The van der Waals surface area contributed by atoms with Gasteiger partial charge in [-0.15, -0.1) is 0 Å². The predicted molar refractivity (Wildman–Crippen MR) is 100 cm³/mol. The molecule has 1 N–H and O–H groups in total. The molecule has 0 radical (unpaired) electrons. The average Bonchev–Trinajstić information content (AvgIpc) is 2.61. The SMILES string of the molecule is CCc1cccc(NC(=O)c2cccc(S(=O)(=O)N(C)C(C)C)c2)c1. The van der Waals surface area contributed by atoms with Gasteiger partial charge >= 0.3 is 0 Å². The summed E-state index contributed by atoms with van der Waals surface area (Å²) in [7, 11) is -2.09. The number of rotatable bonds is 6. The maximum Gasteiger partial charge on any atom is 0.255 e. The van der Waals surface area contributed by atoms with Gasteiger partial charge in [-0.1, -0.05) is 25.1 Å². The molecule has 2 aromatic rings. The fourth-order valence-corrected chi connectivity index (χ4v) is 3.73. The second kappa shape index (κ2) is 7.80. The number of carbonyl (C=O) groups excluding carboxylic acids is 1. The topological polar surface area (TPSA) is 66.5 Å². The summed E-state index contributed by atoms with van der Waals surface area (Å²) in [5.41, 5.74) is 2.12. The molecular weight excluding hydrogens is 336 g/mol. The molecular formula is C19H24N2O3S. The Kier molecular flexibility index (Phi) is 5.98. The lowest BCUT2D eigenvalue weighted by Crippen LogP contribution is -2.33. The summed E-state index contributed by atoms with van der Waals surface area (Å²) in [6, 6.07) is 13.5. The first-order chi connectivity index (χ1) is 11.8. The van der Waals surface area contributed by atoms with E-state index in [4.69, 9.17) is 0 Å². The molecule has 25 heavy (non-hydrogen) atoms. The van der Waals surface area contributed by atoms with Crippen LogP contribution < -0.4 is 5.32 Å². The first-order valence-electron chi connectivity index (χ1n) is 8.24. The summed E-state index contributed by atoms with van der Waals surface area (Å²) in [5, 5.41) is 2.82. The van der Waals surface area contributed by atoms with E-state index >= 15 is 0 Å².